The topological polar surface area (TPSA) is 24.5 Å². The summed E-state index contributed by atoms with van der Waals surface area (Å²) in [4.78, 5) is 2.44. The number of halogens is 1. The van der Waals surface area contributed by atoms with Crippen LogP contribution in [0.4, 0.5) is 0 Å². The van der Waals surface area contributed by atoms with E-state index in [2.05, 4.69) is 39.3 Å². The average Bonchev–Trinajstić information content (AvgIpc) is 3.19. The molecule has 0 aliphatic heterocycles. The Hall–Kier alpha value is -0.580. The summed E-state index contributed by atoms with van der Waals surface area (Å²) < 4.78 is 6.45. The van der Waals surface area contributed by atoms with Gasteiger partial charge >= 0.3 is 0 Å². The van der Waals surface area contributed by atoms with Gasteiger partial charge in [-0.2, -0.15) is 0 Å². The molecule has 0 saturated heterocycles. The molecule has 3 nitrogen and oxygen atoms in total. The third-order valence-electron chi connectivity index (χ3n) is 3.37. The maximum atomic E-state index is 5.36. The molecule has 2 rings (SSSR count). The molecule has 0 heterocycles. The van der Waals surface area contributed by atoms with E-state index in [1.165, 1.54) is 18.4 Å². The Labute approximate surface area is 118 Å². The third-order valence-corrected chi connectivity index (χ3v) is 3.86. The second-order valence-electron chi connectivity index (χ2n) is 4.84. The molecule has 1 N–H and O–H groups in total. The molecule has 1 aromatic rings. The minimum atomic E-state index is 0.840. The van der Waals surface area contributed by atoms with E-state index in [-0.39, 0.29) is 0 Å². The Morgan fingerprint density at radius 3 is 2.89 bits per heavy atom. The Bertz CT molecular complexity index is 393. The highest BCUT2D eigenvalue weighted by atomic mass is 79.9. The molecule has 0 amide bonds. The number of nitrogens with zero attached hydrogens (tertiary/aromatic N) is 1. The lowest BCUT2D eigenvalue weighted by molar-refractivity contribution is 0.321. The predicted octanol–water partition coefficient (Wildman–Crippen LogP) is 2.64. The minimum Gasteiger partial charge on any atom is -0.496 e. The summed E-state index contributed by atoms with van der Waals surface area (Å²) in [6.07, 6.45) is 2.74. The van der Waals surface area contributed by atoms with Crippen LogP contribution in [-0.2, 0) is 6.54 Å². The molecule has 1 aromatic carbocycles. The van der Waals surface area contributed by atoms with Crippen molar-refractivity contribution in [3.8, 4) is 5.75 Å². The molecule has 0 unspecified atom stereocenters. The molecular weight excluding hydrogens is 292 g/mol. The highest BCUT2D eigenvalue weighted by Gasteiger charge is 2.25. The molecule has 1 aliphatic rings. The quantitative estimate of drug-likeness (QED) is 0.783. The number of methoxy groups -OCH3 is 1. The third kappa shape index (κ3) is 3.97. The van der Waals surface area contributed by atoms with Crippen molar-refractivity contribution in [1.29, 1.82) is 0 Å². The SMILES string of the molecule is COc1ccc(Br)cc1CNCCN(C)C1CC1. The van der Waals surface area contributed by atoms with Crippen LogP contribution in [0.15, 0.2) is 22.7 Å². The fraction of sp³-hybridized carbons (Fsp3) is 0.571. The maximum Gasteiger partial charge on any atom is 0.123 e. The van der Waals surface area contributed by atoms with Crippen LogP contribution in [-0.4, -0.2) is 38.2 Å². The molecule has 4 heteroatoms. The summed E-state index contributed by atoms with van der Waals surface area (Å²) in [6, 6.07) is 6.95. The second kappa shape index (κ2) is 6.55. The lowest BCUT2D eigenvalue weighted by atomic mass is 10.2. The Morgan fingerprint density at radius 2 is 2.22 bits per heavy atom. The fourth-order valence-corrected chi connectivity index (χ4v) is 2.47. The van der Waals surface area contributed by atoms with Gasteiger partial charge in [-0.05, 0) is 38.1 Å². The lowest BCUT2D eigenvalue weighted by Crippen LogP contribution is -2.30. The summed E-state index contributed by atoms with van der Waals surface area (Å²) in [5, 5.41) is 3.47. The summed E-state index contributed by atoms with van der Waals surface area (Å²) >= 11 is 3.49. The zero-order chi connectivity index (χ0) is 13.0. The molecule has 0 radical (unpaired) electrons. The number of hydrogen-bond donors (Lipinski definition) is 1. The first-order valence-corrected chi connectivity index (χ1v) is 7.23. The van der Waals surface area contributed by atoms with Gasteiger partial charge in [0.25, 0.3) is 0 Å². The summed E-state index contributed by atoms with van der Waals surface area (Å²) in [6.45, 7) is 2.98. The first-order chi connectivity index (χ1) is 8.70. The smallest absolute Gasteiger partial charge is 0.123 e. The van der Waals surface area contributed by atoms with E-state index in [4.69, 9.17) is 4.74 Å². The van der Waals surface area contributed by atoms with Crippen LogP contribution >= 0.6 is 15.9 Å². The van der Waals surface area contributed by atoms with E-state index in [0.717, 1.165) is 35.9 Å². The predicted molar refractivity (Wildman–Crippen MR) is 78.1 cm³/mol. The van der Waals surface area contributed by atoms with E-state index in [0.29, 0.717) is 0 Å². The number of nitrogens with one attached hydrogen (secondary N) is 1. The van der Waals surface area contributed by atoms with Crippen LogP contribution in [0.25, 0.3) is 0 Å². The molecule has 100 valence electrons. The number of benzene rings is 1. The van der Waals surface area contributed by atoms with Gasteiger partial charge in [0.2, 0.25) is 0 Å². The van der Waals surface area contributed by atoms with Crippen molar-refractivity contribution in [2.45, 2.75) is 25.4 Å². The molecule has 0 aromatic heterocycles. The number of ether oxygens (including phenoxy) is 1. The van der Waals surface area contributed by atoms with Crippen molar-refractivity contribution in [3.63, 3.8) is 0 Å². The number of hydrogen-bond acceptors (Lipinski definition) is 3. The van der Waals surface area contributed by atoms with E-state index in [1.807, 2.05) is 12.1 Å². The zero-order valence-corrected chi connectivity index (χ0v) is 12.7. The highest BCUT2D eigenvalue weighted by molar-refractivity contribution is 9.10. The van der Waals surface area contributed by atoms with Crippen molar-refractivity contribution in [1.82, 2.24) is 10.2 Å². The van der Waals surface area contributed by atoms with Crippen LogP contribution in [0.5, 0.6) is 5.75 Å². The van der Waals surface area contributed by atoms with Crippen LogP contribution < -0.4 is 10.1 Å². The first kappa shape index (κ1) is 13.8. The van der Waals surface area contributed by atoms with Gasteiger partial charge < -0.3 is 15.0 Å². The average molecular weight is 313 g/mol. The van der Waals surface area contributed by atoms with Crippen LogP contribution in [0.2, 0.25) is 0 Å². The Balaban J connectivity index is 1.76. The molecule has 1 saturated carbocycles. The number of rotatable bonds is 7. The Morgan fingerprint density at radius 1 is 1.44 bits per heavy atom. The van der Waals surface area contributed by atoms with E-state index in [9.17, 15) is 0 Å². The lowest BCUT2D eigenvalue weighted by Gasteiger charge is -2.16. The van der Waals surface area contributed by atoms with Gasteiger partial charge in [-0.3, -0.25) is 0 Å². The zero-order valence-electron chi connectivity index (χ0n) is 11.1. The molecule has 1 aliphatic carbocycles. The van der Waals surface area contributed by atoms with Crippen molar-refractivity contribution in [3.05, 3.63) is 28.2 Å². The fourth-order valence-electron chi connectivity index (χ4n) is 2.06. The van der Waals surface area contributed by atoms with Crippen LogP contribution in [0, 0.1) is 0 Å². The standard InChI is InChI=1S/C14H21BrN2O/c1-17(13-4-5-13)8-7-16-10-11-9-12(15)3-6-14(11)18-2/h3,6,9,13,16H,4-5,7-8,10H2,1-2H3. The first-order valence-electron chi connectivity index (χ1n) is 6.44. The van der Waals surface area contributed by atoms with Crippen LogP contribution in [0.1, 0.15) is 18.4 Å². The van der Waals surface area contributed by atoms with Gasteiger partial charge in [-0.15, -0.1) is 0 Å². The van der Waals surface area contributed by atoms with Gasteiger partial charge in [-0.25, -0.2) is 0 Å². The molecular formula is C14H21BrN2O. The van der Waals surface area contributed by atoms with Gasteiger partial charge in [0.15, 0.2) is 0 Å². The molecule has 18 heavy (non-hydrogen) atoms. The monoisotopic (exact) mass is 312 g/mol. The summed E-state index contributed by atoms with van der Waals surface area (Å²) in [7, 11) is 3.92. The normalized spacial score (nSPS) is 15.1. The van der Waals surface area contributed by atoms with Gasteiger partial charge in [0, 0.05) is 35.7 Å². The largest absolute Gasteiger partial charge is 0.496 e. The van der Waals surface area contributed by atoms with Gasteiger partial charge in [0.1, 0.15) is 5.75 Å². The number of likely N-dealkylation sites (N-methyl/N-ethyl adjacent to an activating group) is 1. The van der Waals surface area contributed by atoms with Gasteiger partial charge in [0.05, 0.1) is 7.11 Å². The van der Waals surface area contributed by atoms with E-state index >= 15 is 0 Å². The highest BCUT2D eigenvalue weighted by Crippen LogP contribution is 2.25. The van der Waals surface area contributed by atoms with Crippen LogP contribution in [0.3, 0.4) is 0 Å². The van der Waals surface area contributed by atoms with Crippen molar-refractivity contribution < 1.29 is 4.74 Å². The molecule has 0 spiro atoms. The van der Waals surface area contributed by atoms with E-state index < -0.39 is 0 Å². The van der Waals surface area contributed by atoms with Crippen molar-refractivity contribution in [2.24, 2.45) is 0 Å². The van der Waals surface area contributed by atoms with E-state index in [1.54, 1.807) is 7.11 Å². The van der Waals surface area contributed by atoms with Gasteiger partial charge in [-0.1, -0.05) is 15.9 Å². The molecule has 0 atom stereocenters. The van der Waals surface area contributed by atoms with Crippen molar-refractivity contribution in [2.75, 3.05) is 27.2 Å². The second-order valence-corrected chi connectivity index (χ2v) is 5.76. The molecule has 1 fully saturated rings. The Kier molecular flexibility index (Phi) is 5.03. The molecule has 0 bridgehead atoms. The summed E-state index contributed by atoms with van der Waals surface area (Å²) in [5.74, 6) is 0.946. The van der Waals surface area contributed by atoms with Crippen molar-refractivity contribution >= 4 is 15.9 Å². The minimum absolute atomic E-state index is 0.840. The maximum absolute atomic E-state index is 5.36. The summed E-state index contributed by atoms with van der Waals surface area (Å²) in [5.41, 5.74) is 1.20.